The van der Waals surface area contributed by atoms with Crippen LogP contribution in [0.15, 0.2) is 48.8 Å². The number of halogens is 1. The lowest BCUT2D eigenvalue weighted by molar-refractivity contribution is 0.175. The van der Waals surface area contributed by atoms with Crippen LogP contribution in [0.25, 0.3) is 11.1 Å². The molecule has 33 heavy (non-hydrogen) atoms. The molecule has 2 aliphatic heterocycles. The van der Waals surface area contributed by atoms with Crippen molar-refractivity contribution in [2.24, 2.45) is 0 Å². The van der Waals surface area contributed by atoms with E-state index in [4.69, 9.17) is 9.47 Å². The molecule has 7 nitrogen and oxygen atoms in total. The Labute approximate surface area is 192 Å². The Morgan fingerprint density at radius 3 is 2.73 bits per heavy atom. The van der Waals surface area contributed by atoms with Gasteiger partial charge in [0.05, 0.1) is 25.0 Å². The Bertz CT molecular complexity index is 1150. The summed E-state index contributed by atoms with van der Waals surface area (Å²) in [7, 11) is 1.39. The summed E-state index contributed by atoms with van der Waals surface area (Å²) in [5, 5.41) is 7.97. The smallest absolute Gasteiger partial charge is 0.414 e. The SMILES string of the molecule is COC(=O)N1c2ccc(-c3cnn([C@H]4CCNC4)c3)c(Oc3ccc(F)cc3)c2CC[C@@H]1C. The highest BCUT2D eigenvalue weighted by Crippen LogP contribution is 2.45. The zero-order chi connectivity index (χ0) is 22.9. The third kappa shape index (κ3) is 4.06. The van der Waals surface area contributed by atoms with Gasteiger partial charge in [0.25, 0.3) is 0 Å². The van der Waals surface area contributed by atoms with Crippen molar-refractivity contribution in [3.8, 4) is 22.6 Å². The summed E-state index contributed by atoms with van der Waals surface area (Å²) in [5.74, 6) is 0.862. The lowest BCUT2D eigenvalue weighted by Gasteiger charge is -2.35. The second-order valence-electron chi connectivity index (χ2n) is 8.58. The molecule has 1 amide bonds. The highest BCUT2D eigenvalue weighted by atomic mass is 19.1. The molecule has 1 aromatic heterocycles. The number of rotatable bonds is 4. The van der Waals surface area contributed by atoms with E-state index in [-0.39, 0.29) is 11.9 Å². The molecule has 1 saturated heterocycles. The number of aromatic nitrogens is 2. The summed E-state index contributed by atoms with van der Waals surface area (Å²) in [6, 6.07) is 10.2. The second-order valence-corrected chi connectivity index (χ2v) is 8.58. The highest BCUT2D eigenvalue weighted by Gasteiger charge is 2.32. The number of nitrogens with one attached hydrogen (secondary N) is 1. The number of fused-ring (bicyclic) bond motifs is 1. The molecule has 5 rings (SSSR count). The molecule has 3 heterocycles. The molecule has 0 spiro atoms. The average Bonchev–Trinajstić information content (AvgIpc) is 3.52. The van der Waals surface area contributed by atoms with Crippen LogP contribution >= 0.6 is 0 Å². The van der Waals surface area contributed by atoms with Gasteiger partial charge < -0.3 is 14.8 Å². The van der Waals surface area contributed by atoms with E-state index in [1.54, 1.807) is 17.0 Å². The normalized spacial score (nSPS) is 19.9. The van der Waals surface area contributed by atoms with Gasteiger partial charge in [0.2, 0.25) is 0 Å². The van der Waals surface area contributed by atoms with Crippen LogP contribution in [0.1, 0.15) is 31.4 Å². The number of benzene rings is 2. The average molecular weight is 451 g/mol. The summed E-state index contributed by atoms with van der Waals surface area (Å²) in [5.41, 5.74) is 3.52. The van der Waals surface area contributed by atoms with E-state index in [0.717, 1.165) is 54.7 Å². The van der Waals surface area contributed by atoms with Gasteiger partial charge in [-0.2, -0.15) is 5.10 Å². The molecular weight excluding hydrogens is 423 g/mol. The van der Waals surface area contributed by atoms with Gasteiger partial charge in [-0.1, -0.05) is 0 Å². The highest BCUT2D eigenvalue weighted by molar-refractivity contribution is 5.92. The molecule has 8 heteroatoms. The molecule has 1 N–H and O–H groups in total. The summed E-state index contributed by atoms with van der Waals surface area (Å²) in [4.78, 5) is 14.2. The van der Waals surface area contributed by atoms with Crippen molar-refractivity contribution >= 4 is 11.8 Å². The maximum atomic E-state index is 13.5. The van der Waals surface area contributed by atoms with Crippen LogP contribution in [0.3, 0.4) is 0 Å². The molecule has 0 saturated carbocycles. The maximum absolute atomic E-state index is 13.5. The maximum Gasteiger partial charge on any atom is 0.414 e. The monoisotopic (exact) mass is 450 g/mol. The van der Waals surface area contributed by atoms with Crippen LogP contribution in [-0.4, -0.2) is 42.1 Å². The molecule has 0 radical (unpaired) electrons. The van der Waals surface area contributed by atoms with E-state index >= 15 is 0 Å². The first-order chi connectivity index (χ1) is 16.0. The van der Waals surface area contributed by atoms with Gasteiger partial charge in [-0.05, 0) is 69.1 Å². The number of ether oxygens (including phenoxy) is 2. The fourth-order valence-corrected chi connectivity index (χ4v) is 4.69. The number of amides is 1. The van der Waals surface area contributed by atoms with Crippen molar-refractivity contribution in [1.29, 1.82) is 0 Å². The molecule has 0 bridgehead atoms. The quantitative estimate of drug-likeness (QED) is 0.611. The van der Waals surface area contributed by atoms with Gasteiger partial charge in [0.15, 0.2) is 0 Å². The molecule has 172 valence electrons. The molecule has 2 aliphatic rings. The van der Waals surface area contributed by atoms with Crippen molar-refractivity contribution in [1.82, 2.24) is 15.1 Å². The van der Waals surface area contributed by atoms with Crippen molar-refractivity contribution in [3.05, 3.63) is 60.2 Å². The number of carbonyl (C=O) groups is 1. The number of nitrogens with zero attached hydrogens (tertiary/aromatic N) is 3. The minimum atomic E-state index is -0.398. The van der Waals surface area contributed by atoms with E-state index in [9.17, 15) is 9.18 Å². The lowest BCUT2D eigenvalue weighted by Crippen LogP contribution is -2.42. The van der Waals surface area contributed by atoms with Gasteiger partial charge in [0, 0.05) is 35.5 Å². The minimum absolute atomic E-state index is 0.00656. The van der Waals surface area contributed by atoms with Crippen molar-refractivity contribution in [2.75, 3.05) is 25.1 Å². The topological polar surface area (TPSA) is 68.6 Å². The number of hydrogen-bond acceptors (Lipinski definition) is 5. The predicted octanol–water partition coefficient (Wildman–Crippen LogP) is 4.92. The first-order valence-electron chi connectivity index (χ1n) is 11.3. The Kier molecular flexibility index (Phi) is 5.76. The van der Waals surface area contributed by atoms with Gasteiger partial charge in [-0.15, -0.1) is 0 Å². The molecule has 3 aromatic rings. The summed E-state index contributed by atoms with van der Waals surface area (Å²) in [6.45, 7) is 3.89. The largest absolute Gasteiger partial charge is 0.456 e. The fraction of sp³-hybridized carbons (Fsp3) is 0.360. The first kappa shape index (κ1) is 21.5. The van der Waals surface area contributed by atoms with Gasteiger partial charge in [0.1, 0.15) is 17.3 Å². The van der Waals surface area contributed by atoms with E-state index < -0.39 is 6.09 Å². The van der Waals surface area contributed by atoms with Crippen molar-refractivity contribution in [3.63, 3.8) is 0 Å². The third-order valence-corrected chi connectivity index (χ3v) is 6.47. The Morgan fingerprint density at radius 2 is 2.00 bits per heavy atom. The molecule has 0 aliphatic carbocycles. The van der Waals surface area contributed by atoms with Crippen LogP contribution in [0.5, 0.6) is 11.5 Å². The predicted molar refractivity (Wildman–Crippen MR) is 123 cm³/mol. The van der Waals surface area contributed by atoms with E-state index in [2.05, 4.69) is 10.4 Å². The summed E-state index contributed by atoms with van der Waals surface area (Å²) in [6.07, 6.45) is 6.05. The van der Waals surface area contributed by atoms with E-state index in [1.807, 2.05) is 36.1 Å². The van der Waals surface area contributed by atoms with Crippen molar-refractivity contribution < 1.29 is 18.7 Å². The Hall–Kier alpha value is -3.39. The molecule has 0 unspecified atom stereocenters. The fourth-order valence-electron chi connectivity index (χ4n) is 4.69. The zero-order valence-electron chi connectivity index (χ0n) is 18.8. The van der Waals surface area contributed by atoms with E-state index in [1.165, 1.54) is 19.2 Å². The van der Waals surface area contributed by atoms with Crippen LogP contribution in [-0.2, 0) is 11.2 Å². The van der Waals surface area contributed by atoms with Gasteiger partial charge in [-0.3, -0.25) is 9.58 Å². The molecule has 1 fully saturated rings. The number of hydrogen-bond donors (Lipinski definition) is 1. The third-order valence-electron chi connectivity index (χ3n) is 6.47. The van der Waals surface area contributed by atoms with Gasteiger partial charge >= 0.3 is 6.09 Å². The minimum Gasteiger partial charge on any atom is -0.456 e. The van der Waals surface area contributed by atoms with Crippen LogP contribution < -0.4 is 15.0 Å². The summed E-state index contributed by atoms with van der Waals surface area (Å²) >= 11 is 0. The number of carbonyl (C=O) groups excluding carboxylic acids is 1. The zero-order valence-corrected chi connectivity index (χ0v) is 18.8. The molecule has 2 atom stereocenters. The number of anilines is 1. The summed E-state index contributed by atoms with van der Waals surface area (Å²) < 4.78 is 26.9. The Balaban J connectivity index is 1.61. The number of methoxy groups -OCH3 is 1. The van der Waals surface area contributed by atoms with Crippen LogP contribution in [0.2, 0.25) is 0 Å². The Morgan fingerprint density at radius 1 is 1.18 bits per heavy atom. The molecule has 2 aromatic carbocycles. The first-order valence-corrected chi connectivity index (χ1v) is 11.3. The molecular formula is C25H27FN4O3. The van der Waals surface area contributed by atoms with Crippen molar-refractivity contribution in [2.45, 2.75) is 38.3 Å². The van der Waals surface area contributed by atoms with E-state index in [0.29, 0.717) is 17.5 Å². The second kappa shape index (κ2) is 8.86. The lowest BCUT2D eigenvalue weighted by atomic mass is 9.92. The van der Waals surface area contributed by atoms with Crippen LogP contribution in [0, 0.1) is 5.82 Å². The van der Waals surface area contributed by atoms with Gasteiger partial charge in [-0.25, -0.2) is 9.18 Å². The standard InChI is InChI=1S/C25H27FN4O3/c1-16-3-8-22-23(30(16)25(31)32-2)10-9-21(24(22)33-20-6-4-18(26)5-7-20)17-13-28-29(15-17)19-11-12-27-14-19/h4-7,9-10,13,15-16,19,27H,3,8,11-12,14H2,1-2H3/t16-,19-/m0/s1. The van der Waals surface area contributed by atoms with Crippen LogP contribution in [0.4, 0.5) is 14.9 Å².